The van der Waals surface area contributed by atoms with Gasteiger partial charge in [-0.3, -0.25) is 0 Å². The van der Waals surface area contributed by atoms with Gasteiger partial charge in [-0.15, -0.1) is 0 Å². The highest BCUT2D eigenvalue weighted by Gasteiger charge is 1.90. The third kappa shape index (κ3) is 9.83. The van der Waals surface area contributed by atoms with Crippen molar-refractivity contribution >= 4 is 0 Å². The quantitative estimate of drug-likeness (QED) is 0.338. The molecule has 0 heteroatoms. The Hall–Kier alpha value is -0.260. The Morgan fingerprint density at radius 2 is 1.50 bits per heavy atom. The van der Waals surface area contributed by atoms with Gasteiger partial charge >= 0.3 is 0 Å². The zero-order chi connectivity index (χ0) is 10.6. The minimum Gasteiger partial charge on any atom is -0.0856 e. The largest absolute Gasteiger partial charge is 0.0856 e. The van der Waals surface area contributed by atoms with E-state index in [4.69, 9.17) is 0 Å². The van der Waals surface area contributed by atoms with E-state index in [2.05, 4.69) is 26.8 Å². The topological polar surface area (TPSA) is 0 Å². The van der Waals surface area contributed by atoms with Crippen molar-refractivity contribution in [1.82, 2.24) is 0 Å². The van der Waals surface area contributed by atoms with Crippen molar-refractivity contribution in [2.45, 2.75) is 78.6 Å². The number of unbranched alkanes of at least 4 members (excludes halogenated alkanes) is 6. The van der Waals surface area contributed by atoms with Crippen LogP contribution in [-0.2, 0) is 0 Å². The summed E-state index contributed by atoms with van der Waals surface area (Å²) in [6, 6.07) is 0. The molecular formula is C14H28. The first-order valence-electron chi connectivity index (χ1n) is 6.46. The number of hydrogen-bond acceptors (Lipinski definition) is 0. The van der Waals surface area contributed by atoms with Crippen LogP contribution in [0.3, 0.4) is 0 Å². The Labute approximate surface area is 90.8 Å². The molecule has 0 nitrogen and oxygen atoms in total. The van der Waals surface area contributed by atoms with Gasteiger partial charge in [-0.05, 0) is 26.2 Å². The molecular weight excluding hydrogens is 168 g/mol. The van der Waals surface area contributed by atoms with Crippen molar-refractivity contribution in [3.8, 4) is 0 Å². The average Bonchev–Trinajstić information content (AvgIpc) is 2.17. The zero-order valence-corrected chi connectivity index (χ0v) is 10.4. The molecule has 0 aliphatic rings. The van der Waals surface area contributed by atoms with Crippen LogP contribution in [0.25, 0.3) is 0 Å². The highest BCUT2D eigenvalue weighted by molar-refractivity contribution is 4.97. The normalized spacial score (nSPS) is 12.1. The zero-order valence-electron chi connectivity index (χ0n) is 10.4. The van der Waals surface area contributed by atoms with E-state index < -0.39 is 0 Å². The summed E-state index contributed by atoms with van der Waals surface area (Å²) in [4.78, 5) is 0. The predicted octanol–water partition coefficient (Wildman–Crippen LogP) is 5.48. The number of rotatable bonds is 9. The van der Waals surface area contributed by atoms with Crippen LogP contribution in [0.1, 0.15) is 78.6 Å². The van der Waals surface area contributed by atoms with E-state index in [0.29, 0.717) is 0 Å². The third-order valence-electron chi connectivity index (χ3n) is 2.69. The Morgan fingerprint density at radius 3 is 2.14 bits per heavy atom. The average molecular weight is 196 g/mol. The molecule has 0 rings (SSSR count). The summed E-state index contributed by atoms with van der Waals surface area (Å²) in [5, 5.41) is 0. The molecule has 0 radical (unpaired) electrons. The van der Waals surface area contributed by atoms with Gasteiger partial charge in [-0.2, -0.15) is 0 Å². The minimum absolute atomic E-state index is 1.29. The molecule has 14 heavy (non-hydrogen) atoms. The van der Waals surface area contributed by atoms with Crippen molar-refractivity contribution in [1.29, 1.82) is 0 Å². The van der Waals surface area contributed by atoms with Crippen molar-refractivity contribution in [3.63, 3.8) is 0 Å². The smallest absolute Gasteiger partial charge is 0.0326 e. The second kappa shape index (κ2) is 10.8. The molecule has 0 heterocycles. The molecule has 0 aromatic heterocycles. The van der Waals surface area contributed by atoms with Gasteiger partial charge in [0.05, 0.1) is 0 Å². The predicted molar refractivity (Wildman–Crippen MR) is 66.7 cm³/mol. The summed E-state index contributed by atoms with van der Waals surface area (Å²) >= 11 is 0. The van der Waals surface area contributed by atoms with E-state index in [1.807, 2.05) is 0 Å². The molecule has 0 aliphatic heterocycles. The molecule has 0 N–H and O–H groups in total. The Balaban J connectivity index is 3.15. The van der Waals surface area contributed by atoms with E-state index >= 15 is 0 Å². The van der Waals surface area contributed by atoms with Crippen LogP contribution in [0, 0.1) is 0 Å². The fraction of sp³-hybridized carbons (Fsp3) is 0.857. The summed E-state index contributed by atoms with van der Waals surface area (Å²) < 4.78 is 0. The molecule has 0 atom stereocenters. The lowest BCUT2D eigenvalue weighted by Gasteiger charge is -2.00. The molecule has 0 amide bonds. The lowest BCUT2D eigenvalue weighted by molar-refractivity contribution is 0.610. The maximum Gasteiger partial charge on any atom is -0.0326 e. The molecule has 0 aromatic carbocycles. The first-order valence-corrected chi connectivity index (χ1v) is 6.46. The van der Waals surface area contributed by atoms with Gasteiger partial charge in [0.15, 0.2) is 0 Å². The highest BCUT2D eigenvalue weighted by Crippen LogP contribution is 2.10. The molecule has 0 aliphatic carbocycles. The van der Waals surface area contributed by atoms with Crippen LogP contribution >= 0.6 is 0 Å². The van der Waals surface area contributed by atoms with Crippen molar-refractivity contribution in [3.05, 3.63) is 11.6 Å². The van der Waals surface area contributed by atoms with Crippen molar-refractivity contribution < 1.29 is 0 Å². The Morgan fingerprint density at radius 1 is 0.857 bits per heavy atom. The van der Waals surface area contributed by atoms with Gasteiger partial charge in [0.2, 0.25) is 0 Å². The lowest BCUT2D eigenvalue weighted by atomic mass is 10.1. The maximum atomic E-state index is 2.43. The van der Waals surface area contributed by atoms with Crippen molar-refractivity contribution in [2.24, 2.45) is 0 Å². The van der Waals surface area contributed by atoms with E-state index in [-0.39, 0.29) is 0 Å². The van der Waals surface area contributed by atoms with Crippen LogP contribution in [-0.4, -0.2) is 0 Å². The van der Waals surface area contributed by atoms with Crippen molar-refractivity contribution in [2.75, 3.05) is 0 Å². The fourth-order valence-electron chi connectivity index (χ4n) is 1.77. The SMILES string of the molecule is CCCCCCCC/C=C(/C)CCC. The lowest BCUT2D eigenvalue weighted by Crippen LogP contribution is -1.79. The van der Waals surface area contributed by atoms with E-state index in [9.17, 15) is 0 Å². The van der Waals surface area contributed by atoms with Gasteiger partial charge in [-0.1, -0.05) is 64.0 Å². The molecule has 0 spiro atoms. The minimum atomic E-state index is 1.29. The summed E-state index contributed by atoms with van der Waals surface area (Å²) in [7, 11) is 0. The van der Waals surface area contributed by atoms with Gasteiger partial charge in [0, 0.05) is 0 Å². The third-order valence-corrected chi connectivity index (χ3v) is 2.69. The second-order valence-corrected chi connectivity index (χ2v) is 4.36. The number of hydrogen-bond donors (Lipinski definition) is 0. The van der Waals surface area contributed by atoms with Crippen LogP contribution in [0.2, 0.25) is 0 Å². The summed E-state index contributed by atoms with van der Waals surface area (Å²) in [6.45, 7) is 6.79. The highest BCUT2D eigenvalue weighted by atomic mass is 14.0. The maximum absolute atomic E-state index is 2.43. The van der Waals surface area contributed by atoms with Gasteiger partial charge < -0.3 is 0 Å². The van der Waals surface area contributed by atoms with E-state index in [1.165, 1.54) is 57.8 Å². The van der Waals surface area contributed by atoms with Crippen LogP contribution in [0.15, 0.2) is 11.6 Å². The first-order chi connectivity index (χ1) is 6.81. The first kappa shape index (κ1) is 13.7. The van der Waals surface area contributed by atoms with Crippen LogP contribution < -0.4 is 0 Å². The fourth-order valence-corrected chi connectivity index (χ4v) is 1.77. The Bertz CT molecular complexity index is 133. The molecule has 0 saturated carbocycles. The number of allylic oxidation sites excluding steroid dienone is 2. The standard InChI is InChI=1S/C14H28/c1-4-6-7-8-9-10-11-13-14(3)12-5-2/h13H,4-12H2,1-3H3/b14-13-. The molecule has 0 aromatic rings. The van der Waals surface area contributed by atoms with Crippen LogP contribution in [0.5, 0.6) is 0 Å². The summed E-state index contributed by atoms with van der Waals surface area (Å²) in [5.41, 5.74) is 1.58. The molecule has 0 fully saturated rings. The Kier molecular flexibility index (Phi) is 10.6. The second-order valence-electron chi connectivity index (χ2n) is 4.36. The van der Waals surface area contributed by atoms with Crippen LogP contribution in [0.4, 0.5) is 0 Å². The van der Waals surface area contributed by atoms with E-state index in [1.54, 1.807) is 5.57 Å². The molecule has 0 bridgehead atoms. The van der Waals surface area contributed by atoms with Gasteiger partial charge in [-0.25, -0.2) is 0 Å². The summed E-state index contributed by atoms with van der Waals surface area (Å²) in [5.74, 6) is 0. The molecule has 0 saturated heterocycles. The monoisotopic (exact) mass is 196 g/mol. The molecule has 84 valence electrons. The summed E-state index contributed by atoms with van der Waals surface area (Å²) in [6.07, 6.45) is 14.8. The van der Waals surface area contributed by atoms with Gasteiger partial charge in [0.25, 0.3) is 0 Å². The van der Waals surface area contributed by atoms with E-state index in [0.717, 1.165) is 0 Å². The molecule has 0 unspecified atom stereocenters. The van der Waals surface area contributed by atoms with Gasteiger partial charge in [0.1, 0.15) is 0 Å².